The minimum atomic E-state index is -0.116. The van der Waals surface area contributed by atoms with Gasteiger partial charge in [-0.3, -0.25) is 10.8 Å². The molecule has 2 heterocycles. The fourth-order valence-electron chi connectivity index (χ4n) is 1.58. The topological polar surface area (TPSA) is 68.8 Å². The van der Waals surface area contributed by atoms with E-state index in [2.05, 4.69) is 15.4 Å². The van der Waals surface area contributed by atoms with Crippen LogP contribution in [0.3, 0.4) is 0 Å². The number of aromatic nitrogens is 3. The minimum Gasteiger partial charge on any atom is -0.340 e. The summed E-state index contributed by atoms with van der Waals surface area (Å²) >= 11 is 0. The summed E-state index contributed by atoms with van der Waals surface area (Å²) in [5.74, 6) is 5.56. The van der Waals surface area contributed by atoms with Crippen LogP contribution in [0.2, 0.25) is 0 Å². The summed E-state index contributed by atoms with van der Waals surface area (Å²) in [7, 11) is 1.93. The molecule has 0 aliphatic rings. The highest BCUT2D eigenvalue weighted by molar-refractivity contribution is 5.25. The van der Waals surface area contributed by atoms with Crippen LogP contribution in [-0.2, 0) is 7.05 Å². The Morgan fingerprint density at radius 1 is 1.38 bits per heavy atom. The first-order valence-corrected chi connectivity index (χ1v) is 5.07. The summed E-state index contributed by atoms with van der Waals surface area (Å²) in [4.78, 5) is 8.53. The normalized spacial score (nSPS) is 12.7. The van der Waals surface area contributed by atoms with Gasteiger partial charge in [0.2, 0.25) is 0 Å². The molecule has 0 amide bonds. The molecular formula is C11H15N5. The van der Waals surface area contributed by atoms with Crippen LogP contribution in [0.25, 0.3) is 0 Å². The van der Waals surface area contributed by atoms with Gasteiger partial charge < -0.3 is 4.57 Å². The maximum atomic E-state index is 5.56. The van der Waals surface area contributed by atoms with Crippen LogP contribution in [-0.4, -0.2) is 14.5 Å². The Bertz CT molecular complexity index is 459. The first-order valence-electron chi connectivity index (χ1n) is 5.07. The second-order valence-corrected chi connectivity index (χ2v) is 3.80. The van der Waals surface area contributed by atoms with Crippen molar-refractivity contribution < 1.29 is 0 Å². The third-order valence-corrected chi connectivity index (χ3v) is 2.45. The van der Waals surface area contributed by atoms with Gasteiger partial charge in [0.05, 0.1) is 18.1 Å². The van der Waals surface area contributed by atoms with E-state index in [1.807, 2.05) is 43.1 Å². The van der Waals surface area contributed by atoms with Crippen molar-refractivity contribution in [3.05, 3.63) is 47.8 Å². The van der Waals surface area contributed by atoms with Crippen LogP contribution in [0.1, 0.15) is 23.0 Å². The zero-order chi connectivity index (χ0) is 11.5. The predicted molar refractivity (Wildman–Crippen MR) is 61.3 cm³/mol. The maximum Gasteiger partial charge on any atom is 0.0947 e. The van der Waals surface area contributed by atoms with Gasteiger partial charge in [-0.2, -0.15) is 0 Å². The van der Waals surface area contributed by atoms with Crippen LogP contribution < -0.4 is 11.3 Å². The van der Waals surface area contributed by atoms with Gasteiger partial charge >= 0.3 is 0 Å². The van der Waals surface area contributed by atoms with Gasteiger partial charge in [-0.15, -0.1) is 0 Å². The number of imidazole rings is 1. The van der Waals surface area contributed by atoms with E-state index in [4.69, 9.17) is 5.84 Å². The van der Waals surface area contributed by atoms with Gasteiger partial charge in [-0.1, -0.05) is 6.07 Å². The van der Waals surface area contributed by atoms with Gasteiger partial charge in [-0.05, 0) is 18.6 Å². The first-order chi connectivity index (χ1) is 7.70. The Balaban J connectivity index is 2.32. The Kier molecular flexibility index (Phi) is 2.98. The Morgan fingerprint density at radius 2 is 2.19 bits per heavy atom. The van der Waals surface area contributed by atoms with E-state index in [-0.39, 0.29) is 6.04 Å². The van der Waals surface area contributed by atoms with Crippen molar-refractivity contribution in [2.45, 2.75) is 13.0 Å². The molecule has 1 unspecified atom stereocenters. The van der Waals surface area contributed by atoms with Crippen LogP contribution >= 0.6 is 0 Å². The predicted octanol–water partition coefficient (Wildman–Crippen LogP) is 0.676. The molecule has 0 aliphatic carbocycles. The van der Waals surface area contributed by atoms with Crippen LogP contribution in [0.4, 0.5) is 0 Å². The van der Waals surface area contributed by atoms with E-state index >= 15 is 0 Å². The molecule has 0 aromatic carbocycles. The monoisotopic (exact) mass is 217 g/mol. The van der Waals surface area contributed by atoms with E-state index in [1.165, 1.54) is 0 Å². The molecule has 3 N–H and O–H groups in total. The number of hydrazine groups is 1. The van der Waals surface area contributed by atoms with Crippen molar-refractivity contribution in [2.24, 2.45) is 12.9 Å². The van der Waals surface area contributed by atoms with E-state index in [0.29, 0.717) is 0 Å². The van der Waals surface area contributed by atoms with Crippen LogP contribution in [0.15, 0.2) is 30.9 Å². The average molecular weight is 217 g/mol. The fraction of sp³-hybridized carbons (Fsp3) is 0.273. The van der Waals surface area contributed by atoms with Crippen molar-refractivity contribution in [2.75, 3.05) is 0 Å². The molecule has 5 heteroatoms. The van der Waals surface area contributed by atoms with E-state index in [0.717, 1.165) is 17.0 Å². The molecule has 16 heavy (non-hydrogen) atoms. The van der Waals surface area contributed by atoms with Gasteiger partial charge in [-0.25, -0.2) is 10.4 Å². The maximum absolute atomic E-state index is 5.56. The second-order valence-electron chi connectivity index (χ2n) is 3.80. The SMILES string of the molecule is Cc1ccc(C(NN)c2cn(C)cn2)cn1. The summed E-state index contributed by atoms with van der Waals surface area (Å²) < 4.78 is 1.89. The number of hydrogen-bond acceptors (Lipinski definition) is 4. The first kappa shape index (κ1) is 10.8. The van der Waals surface area contributed by atoms with Crippen molar-refractivity contribution >= 4 is 0 Å². The third kappa shape index (κ3) is 2.10. The zero-order valence-electron chi connectivity index (χ0n) is 9.38. The van der Waals surface area contributed by atoms with Gasteiger partial charge in [0.25, 0.3) is 0 Å². The van der Waals surface area contributed by atoms with Crippen LogP contribution in [0.5, 0.6) is 0 Å². The van der Waals surface area contributed by atoms with Crippen molar-refractivity contribution in [1.29, 1.82) is 0 Å². The smallest absolute Gasteiger partial charge is 0.0947 e. The lowest BCUT2D eigenvalue weighted by molar-refractivity contribution is 0.620. The molecule has 0 spiro atoms. The van der Waals surface area contributed by atoms with E-state index in [9.17, 15) is 0 Å². The number of rotatable bonds is 3. The number of hydrogen-bond donors (Lipinski definition) is 2. The highest BCUT2D eigenvalue weighted by Gasteiger charge is 2.14. The van der Waals surface area contributed by atoms with Gasteiger partial charge in [0.15, 0.2) is 0 Å². The molecule has 84 valence electrons. The second kappa shape index (κ2) is 4.42. The van der Waals surface area contributed by atoms with E-state index < -0.39 is 0 Å². The van der Waals surface area contributed by atoms with Crippen molar-refractivity contribution in [3.8, 4) is 0 Å². The van der Waals surface area contributed by atoms with Gasteiger partial charge in [0, 0.05) is 25.1 Å². The molecule has 2 rings (SSSR count). The quantitative estimate of drug-likeness (QED) is 0.586. The highest BCUT2D eigenvalue weighted by atomic mass is 15.2. The Labute approximate surface area is 94.3 Å². The lowest BCUT2D eigenvalue weighted by Crippen LogP contribution is -2.29. The molecule has 0 saturated carbocycles. The number of nitrogens with two attached hydrogens (primary N) is 1. The Morgan fingerprint density at radius 3 is 2.69 bits per heavy atom. The molecule has 1 atom stereocenters. The fourth-order valence-corrected chi connectivity index (χ4v) is 1.58. The highest BCUT2D eigenvalue weighted by Crippen LogP contribution is 2.18. The van der Waals surface area contributed by atoms with Gasteiger partial charge in [0.1, 0.15) is 0 Å². The lowest BCUT2D eigenvalue weighted by atomic mass is 10.1. The summed E-state index contributed by atoms with van der Waals surface area (Å²) in [6.45, 7) is 1.95. The standard InChI is InChI=1S/C11H15N5/c1-8-3-4-9(5-13-8)11(15-12)10-6-16(2)7-14-10/h3-7,11,15H,12H2,1-2H3. The molecule has 0 aliphatic heterocycles. The van der Waals surface area contributed by atoms with Crippen molar-refractivity contribution in [3.63, 3.8) is 0 Å². The largest absolute Gasteiger partial charge is 0.340 e. The molecule has 5 nitrogen and oxygen atoms in total. The van der Waals surface area contributed by atoms with E-state index in [1.54, 1.807) is 6.33 Å². The summed E-state index contributed by atoms with van der Waals surface area (Å²) in [5.41, 5.74) is 5.63. The number of nitrogens with zero attached hydrogens (tertiary/aromatic N) is 3. The zero-order valence-corrected chi connectivity index (χ0v) is 9.38. The van der Waals surface area contributed by atoms with Crippen LogP contribution in [0, 0.1) is 6.92 Å². The molecule has 0 radical (unpaired) electrons. The number of aryl methyl sites for hydroxylation is 2. The Hall–Kier alpha value is -1.72. The molecule has 2 aromatic rings. The molecular weight excluding hydrogens is 202 g/mol. The molecule has 0 fully saturated rings. The minimum absolute atomic E-state index is 0.116. The van der Waals surface area contributed by atoms with Crippen molar-refractivity contribution in [1.82, 2.24) is 20.0 Å². The number of pyridine rings is 1. The molecule has 0 bridgehead atoms. The number of nitrogens with one attached hydrogen (secondary N) is 1. The molecule has 2 aromatic heterocycles. The molecule has 0 saturated heterocycles. The summed E-state index contributed by atoms with van der Waals surface area (Å²) in [6, 6.07) is 3.85. The summed E-state index contributed by atoms with van der Waals surface area (Å²) in [5, 5.41) is 0. The summed E-state index contributed by atoms with van der Waals surface area (Å²) in [6.07, 6.45) is 5.50. The lowest BCUT2D eigenvalue weighted by Gasteiger charge is -2.13. The third-order valence-electron chi connectivity index (χ3n) is 2.45. The average Bonchev–Trinajstić information content (AvgIpc) is 2.69.